The van der Waals surface area contributed by atoms with E-state index >= 15 is 0 Å². The average molecular weight is 2000 g/mol. The fourth-order valence-electron chi connectivity index (χ4n) is 15.4. The predicted molar refractivity (Wildman–Crippen MR) is 586 cm³/mol. The van der Waals surface area contributed by atoms with Gasteiger partial charge in [-0.25, -0.2) is 19.9 Å². The molecule has 4 heterocycles. The van der Waals surface area contributed by atoms with Gasteiger partial charge in [0, 0.05) is 0 Å². The summed E-state index contributed by atoms with van der Waals surface area (Å²) in [5.74, 6) is 0. The molecule has 8 aromatic carbocycles. The van der Waals surface area contributed by atoms with Crippen molar-refractivity contribution >= 4 is 91.2 Å². The number of aromatic nitrogens is 4. The second-order valence-corrected chi connectivity index (χ2v) is 37.3. The Hall–Kier alpha value is -10.2. The molecule has 136 heavy (non-hydrogen) atoms. The maximum Gasteiger partial charge on any atom is 2.00 e. The fraction of sp³-hybridized carbons (Fsp3) is 0.300. The van der Waals surface area contributed by atoms with Crippen molar-refractivity contribution < 1.29 is 67.7 Å². The molecule has 16 heteroatoms. The van der Waals surface area contributed by atoms with Crippen LogP contribution in [0.15, 0.2) is 258 Å². The summed E-state index contributed by atoms with van der Waals surface area (Å²) in [6.07, 6.45) is 0. The molecule has 4 aromatic heterocycles. The SMILES string of the molecule is CC(=Nc1c(C)cc(C)cc1C)c1cccc(C(C)=Nc2c(C)cc(C)cc2C)n1.CC(=Nc1c(C)cc(C)cc1C)c1cccc(C(C)=Nc2c(C)cc(C)cc2C)n1.CC(=Nc1ccccc1C(C)(C)C)c1cccc(C(C)=Nc2ccccc2C(C)(C)C)n1.CC(=Nc1ccccc1C(C)(C)C)c1cccc(C(C)=Nc2ccccc2C(C)(C)C)n1.[CH3-].[CH3-].[CH3-].[CH3-].[CH3-].[CH3-].[CH3-].[CH3-].[Co+2].[Co+2].[Fe+2].[Fe+2]. The van der Waals surface area contributed by atoms with Crippen LogP contribution in [0.3, 0.4) is 0 Å². The van der Waals surface area contributed by atoms with Gasteiger partial charge < -0.3 is 59.4 Å². The van der Waals surface area contributed by atoms with Crippen LogP contribution < -0.4 is 0 Å². The van der Waals surface area contributed by atoms with Gasteiger partial charge in [-0.05, 0) is 300 Å². The number of nitrogens with zero attached hydrogens (tertiary/aromatic N) is 12. The van der Waals surface area contributed by atoms with Crippen LogP contribution in [0.1, 0.15) is 273 Å². The summed E-state index contributed by atoms with van der Waals surface area (Å²) in [5, 5.41) is 0. The molecule has 0 fully saturated rings. The topological polar surface area (TPSA) is 150 Å². The van der Waals surface area contributed by atoms with Crippen molar-refractivity contribution in [2.24, 2.45) is 39.9 Å². The summed E-state index contributed by atoms with van der Waals surface area (Å²) < 4.78 is 0. The van der Waals surface area contributed by atoms with Gasteiger partial charge in [-0.1, -0.05) is 251 Å². The number of aryl methyl sites for hydroxylation is 12. The smallest absolute Gasteiger partial charge is 0.358 e. The summed E-state index contributed by atoms with van der Waals surface area (Å²) in [6, 6.07) is 74.9. The standard InChI is InChI=1S/2C29H35N3.2C27H31N3.8CH3.2Co.2Fe/c2*1-20(30-26-16-11-9-14-22(26)28(3,4)5)24-18-13-19-25(32-24)21(2)31-27-17-12-10-15-23(27)29(6,7)8;2*1-16-12-18(3)26(19(4)13-16)28-22(7)24-10-9-11-25(30-24)23(8)29-27-20(5)14-17(2)15-21(27)6;;;;;;;;;;;;/h2*9-19H,1-8H3;2*9-15H,1-8H3;8*1H3;;;;/q;;;;8*-1;4*+2. The monoisotopic (exact) mass is 1990 g/mol. The van der Waals surface area contributed by atoms with E-state index in [4.69, 9.17) is 59.9 Å². The first-order valence-electron chi connectivity index (χ1n) is 43.3. The van der Waals surface area contributed by atoms with Crippen LogP contribution in [-0.2, 0) is 89.4 Å². The van der Waals surface area contributed by atoms with Crippen LogP contribution in [0.4, 0.5) is 45.5 Å². The van der Waals surface area contributed by atoms with Crippen molar-refractivity contribution in [3.63, 3.8) is 0 Å². The minimum Gasteiger partial charge on any atom is -0.358 e. The molecule has 730 valence electrons. The van der Waals surface area contributed by atoms with Crippen LogP contribution >= 0.6 is 0 Å². The van der Waals surface area contributed by atoms with Crippen molar-refractivity contribution in [1.82, 2.24) is 19.9 Å². The summed E-state index contributed by atoms with van der Waals surface area (Å²) in [6.45, 7) is 68.1. The maximum atomic E-state index is 4.94. The Morgan fingerprint density at radius 2 is 0.316 bits per heavy atom. The summed E-state index contributed by atoms with van der Waals surface area (Å²) in [7, 11) is 0. The third-order valence-corrected chi connectivity index (χ3v) is 21.6. The molecule has 0 saturated heterocycles. The zero-order chi connectivity index (χ0) is 91.0. The summed E-state index contributed by atoms with van der Waals surface area (Å²) in [5.41, 5.74) is 41.8. The van der Waals surface area contributed by atoms with Crippen molar-refractivity contribution in [2.45, 2.75) is 243 Å². The van der Waals surface area contributed by atoms with E-state index < -0.39 is 0 Å². The quantitative estimate of drug-likeness (QED) is 0.0537. The second-order valence-electron chi connectivity index (χ2n) is 37.3. The summed E-state index contributed by atoms with van der Waals surface area (Å²) >= 11 is 0. The molecule has 0 bridgehead atoms. The molecular formula is C120H156Co2Fe2N12. The molecule has 0 N–H and O–H groups in total. The third-order valence-electron chi connectivity index (χ3n) is 21.6. The molecule has 12 rings (SSSR count). The van der Waals surface area contributed by atoms with Crippen molar-refractivity contribution in [3.05, 3.63) is 412 Å². The normalized spacial score (nSPS) is 11.8. The Bertz CT molecular complexity index is 5350. The van der Waals surface area contributed by atoms with Gasteiger partial charge >= 0.3 is 67.7 Å². The number of pyridine rings is 4. The molecule has 0 aliphatic carbocycles. The maximum absolute atomic E-state index is 4.94. The third kappa shape index (κ3) is 36.6. The summed E-state index contributed by atoms with van der Waals surface area (Å²) in [4.78, 5) is 58.9. The van der Waals surface area contributed by atoms with Gasteiger partial charge in [0.2, 0.25) is 0 Å². The van der Waals surface area contributed by atoms with E-state index in [-0.39, 0.29) is 149 Å². The molecule has 2 radical (unpaired) electrons. The van der Waals surface area contributed by atoms with Crippen LogP contribution in [0.5, 0.6) is 0 Å². The van der Waals surface area contributed by atoms with E-state index in [1.807, 2.05) is 152 Å². The molecule has 0 aliphatic heterocycles. The zero-order valence-corrected chi connectivity index (χ0v) is 93.8. The molecule has 0 unspecified atom stereocenters. The van der Waals surface area contributed by atoms with Crippen LogP contribution in [0.25, 0.3) is 0 Å². The van der Waals surface area contributed by atoms with Crippen LogP contribution in [0, 0.1) is 142 Å². The molecule has 12 aromatic rings. The molecule has 0 saturated carbocycles. The molecule has 0 spiro atoms. The first-order valence-corrected chi connectivity index (χ1v) is 43.3. The van der Waals surface area contributed by atoms with Crippen molar-refractivity contribution in [2.75, 3.05) is 0 Å². The Morgan fingerprint density at radius 3 is 0.449 bits per heavy atom. The Kier molecular flexibility index (Phi) is 56.2. The van der Waals surface area contributed by atoms with E-state index in [2.05, 4.69) is 287 Å². The molecule has 0 aliphatic rings. The Labute approximate surface area is 867 Å². The van der Waals surface area contributed by atoms with E-state index in [9.17, 15) is 0 Å². The van der Waals surface area contributed by atoms with E-state index in [1.165, 1.54) is 89.0 Å². The number of para-hydroxylation sites is 4. The predicted octanol–water partition coefficient (Wildman–Crippen LogP) is 33.9. The van der Waals surface area contributed by atoms with Crippen LogP contribution in [0.2, 0.25) is 0 Å². The number of aliphatic imine (C=N–C) groups is 8. The number of rotatable bonds is 16. The second kappa shape index (κ2) is 57.9. The van der Waals surface area contributed by atoms with Crippen molar-refractivity contribution in [3.8, 4) is 0 Å². The molecule has 0 atom stereocenters. The molecular weight excluding hydrogens is 1840 g/mol. The van der Waals surface area contributed by atoms with Gasteiger partial charge in [0.25, 0.3) is 0 Å². The molecule has 0 amide bonds. The van der Waals surface area contributed by atoms with Gasteiger partial charge in [-0.2, -0.15) is 0 Å². The van der Waals surface area contributed by atoms with Gasteiger partial charge in [0.15, 0.2) is 0 Å². The first-order chi connectivity index (χ1) is 58.2. The average Bonchev–Trinajstić information content (AvgIpc) is 0.815. The van der Waals surface area contributed by atoms with E-state index in [1.54, 1.807) is 0 Å². The minimum atomic E-state index is 0. The zero-order valence-electron chi connectivity index (χ0n) is 89.5. The van der Waals surface area contributed by atoms with Gasteiger partial charge in [-0.15, -0.1) is 0 Å². The minimum absolute atomic E-state index is 0. The van der Waals surface area contributed by atoms with E-state index in [0.717, 1.165) is 137 Å². The largest absolute Gasteiger partial charge is 2.00 e. The molecule has 12 nitrogen and oxygen atoms in total. The Morgan fingerprint density at radius 1 is 0.191 bits per heavy atom. The van der Waals surface area contributed by atoms with E-state index in [0.29, 0.717) is 0 Å². The van der Waals surface area contributed by atoms with Gasteiger partial charge in [0.1, 0.15) is 0 Å². The Balaban J connectivity index is -0.000000830. The van der Waals surface area contributed by atoms with Gasteiger partial charge in [0.05, 0.1) is 137 Å². The number of benzene rings is 8. The van der Waals surface area contributed by atoms with Crippen molar-refractivity contribution in [1.29, 1.82) is 0 Å². The fourth-order valence-corrected chi connectivity index (χ4v) is 15.4. The first kappa shape index (κ1) is 132. The number of hydrogen-bond donors (Lipinski definition) is 0. The number of hydrogen-bond acceptors (Lipinski definition) is 12. The van der Waals surface area contributed by atoms with Crippen LogP contribution in [-0.4, -0.2) is 65.6 Å². The van der Waals surface area contributed by atoms with Gasteiger partial charge in [-0.3, -0.25) is 39.9 Å².